The van der Waals surface area contributed by atoms with Crippen molar-refractivity contribution in [3.05, 3.63) is 29.3 Å². The van der Waals surface area contributed by atoms with E-state index in [0.29, 0.717) is 6.54 Å². The Balaban J connectivity index is 3.00. The van der Waals surface area contributed by atoms with Gasteiger partial charge in [0.2, 0.25) is 0 Å². The van der Waals surface area contributed by atoms with Crippen LogP contribution in [0.2, 0.25) is 0 Å². The van der Waals surface area contributed by atoms with Crippen LogP contribution in [-0.2, 0) is 6.18 Å². The van der Waals surface area contributed by atoms with Crippen LogP contribution in [0, 0.1) is 11.3 Å². The predicted octanol–water partition coefficient (Wildman–Crippen LogP) is 3.35. The number of alkyl halides is 3. The minimum Gasteiger partial charge on any atom is -0.384 e. The van der Waals surface area contributed by atoms with Crippen molar-refractivity contribution in [3.63, 3.8) is 0 Å². The van der Waals surface area contributed by atoms with Crippen molar-refractivity contribution in [1.29, 1.82) is 5.26 Å². The summed E-state index contributed by atoms with van der Waals surface area (Å²) in [6, 6.07) is 5.23. The first-order valence-electron chi connectivity index (χ1n) is 4.83. The van der Waals surface area contributed by atoms with Gasteiger partial charge in [-0.3, -0.25) is 0 Å². The zero-order valence-electron chi connectivity index (χ0n) is 9.14. The van der Waals surface area contributed by atoms with E-state index >= 15 is 0 Å². The molecular weight excluding hydrogens is 249 g/mol. The molecule has 0 saturated carbocycles. The summed E-state index contributed by atoms with van der Waals surface area (Å²) < 4.78 is 38.2. The summed E-state index contributed by atoms with van der Waals surface area (Å²) in [6.07, 6.45) is -2.57. The lowest BCUT2D eigenvalue weighted by Crippen LogP contribution is -2.12. The van der Waals surface area contributed by atoms with Gasteiger partial charge >= 0.3 is 6.18 Å². The van der Waals surface area contributed by atoms with E-state index in [1.165, 1.54) is 12.1 Å². The molecule has 0 fully saturated rings. The third-order valence-electron chi connectivity index (χ3n) is 2.08. The summed E-state index contributed by atoms with van der Waals surface area (Å²) in [6.45, 7) is 0.455. The summed E-state index contributed by atoms with van der Waals surface area (Å²) >= 11 is 1.55. The zero-order chi connectivity index (χ0) is 12.9. The number of nitrogens with one attached hydrogen (secondary N) is 1. The third kappa shape index (κ3) is 3.86. The van der Waals surface area contributed by atoms with Gasteiger partial charge in [-0.15, -0.1) is 0 Å². The smallest absolute Gasteiger partial charge is 0.384 e. The normalized spacial score (nSPS) is 11.0. The molecule has 0 amide bonds. The van der Waals surface area contributed by atoms with Gasteiger partial charge in [0.15, 0.2) is 0 Å². The zero-order valence-corrected chi connectivity index (χ0v) is 9.95. The summed E-state index contributed by atoms with van der Waals surface area (Å²) in [5.41, 5.74) is -0.768. The monoisotopic (exact) mass is 260 g/mol. The van der Waals surface area contributed by atoms with E-state index in [9.17, 15) is 13.2 Å². The average molecular weight is 260 g/mol. The topological polar surface area (TPSA) is 35.8 Å². The standard InChI is InChI=1S/C11H11F3N2S/c1-17-5-4-16-10-3-2-8(7-15)6-9(10)11(12,13)14/h2-3,6,16H,4-5H2,1H3. The highest BCUT2D eigenvalue weighted by Gasteiger charge is 2.33. The first kappa shape index (κ1) is 13.7. The number of nitriles is 1. The molecule has 6 heteroatoms. The Morgan fingerprint density at radius 1 is 1.41 bits per heavy atom. The van der Waals surface area contributed by atoms with Gasteiger partial charge < -0.3 is 5.32 Å². The van der Waals surface area contributed by atoms with Crippen LogP contribution in [0.15, 0.2) is 18.2 Å². The van der Waals surface area contributed by atoms with Crippen molar-refractivity contribution in [1.82, 2.24) is 0 Å². The summed E-state index contributed by atoms with van der Waals surface area (Å²) in [5, 5.41) is 11.3. The second kappa shape index (κ2) is 5.82. The molecule has 92 valence electrons. The number of anilines is 1. The Hall–Kier alpha value is -1.35. The number of hydrogen-bond donors (Lipinski definition) is 1. The van der Waals surface area contributed by atoms with Crippen molar-refractivity contribution in [3.8, 4) is 6.07 Å². The van der Waals surface area contributed by atoms with Gasteiger partial charge in [0.25, 0.3) is 0 Å². The number of nitrogens with zero attached hydrogens (tertiary/aromatic N) is 1. The molecule has 0 spiro atoms. The Labute approximate surface area is 102 Å². The summed E-state index contributed by atoms with van der Waals surface area (Å²) in [4.78, 5) is 0. The highest BCUT2D eigenvalue weighted by Crippen LogP contribution is 2.35. The van der Waals surface area contributed by atoms with Crippen LogP contribution < -0.4 is 5.32 Å². The fraction of sp³-hybridized carbons (Fsp3) is 0.364. The lowest BCUT2D eigenvalue weighted by atomic mass is 10.1. The van der Waals surface area contributed by atoms with Gasteiger partial charge in [-0.25, -0.2) is 0 Å². The SMILES string of the molecule is CSCCNc1ccc(C#N)cc1C(F)(F)F. The second-order valence-corrected chi connectivity index (χ2v) is 4.28. The Bertz CT molecular complexity index is 424. The average Bonchev–Trinajstić information content (AvgIpc) is 2.28. The minimum atomic E-state index is -4.45. The lowest BCUT2D eigenvalue weighted by molar-refractivity contribution is -0.137. The van der Waals surface area contributed by atoms with Gasteiger partial charge in [0.05, 0.1) is 17.2 Å². The molecule has 1 aromatic rings. The van der Waals surface area contributed by atoms with Gasteiger partial charge in [-0.05, 0) is 24.5 Å². The quantitative estimate of drug-likeness (QED) is 0.843. The van der Waals surface area contributed by atoms with Crippen molar-refractivity contribution < 1.29 is 13.2 Å². The maximum Gasteiger partial charge on any atom is 0.418 e. The Kier molecular flexibility index (Phi) is 4.70. The van der Waals surface area contributed by atoms with Gasteiger partial charge in [-0.2, -0.15) is 30.2 Å². The van der Waals surface area contributed by atoms with E-state index in [1.807, 2.05) is 6.26 Å². The number of halogens is 3. The molecule has 0 bridgehead atoms. The number of thioether (sulfide) groups is 1. The lowest BCUT2D eigenvalue weighted by Gasteiger charge is -2.14. The molecule has 0 heterocycles. The maximum absolute atomic E-state index is 12.7. The number of benzene rings is 1. The minimum absolute atomic E-state index is 0.00717. The fourth-order valence-corrected chi connectivity index (χ4v) is 1.60. The van der Waals surface area contributed by atoms with E-state index < -0.39 is 11.7 Å². The molecular formula is C11H11F3N2S. The number of rotatable bonds is 4. The van der Waals surface area contributed by atoms with Crippen molar-refractivity contribution in [2.24, 2.45) is 0 Å². The molecule has 1 rings (SSSR count). The third-order valence-corrected chi connectivity index (χ3v) is 2.69. The molecule has 0 aromatic heterocycles. The molecule has 0 aliphatic heterocycles. The molecule has 0 aliphatic carbocycles. The van der Waals surface area contributed by atoms with Crippen molar-refractivity contribution >= 4 is 17.4 Å². The van der Waals surface area contributed by atoms with Crippen LogP contribution in [0.4, 0.5) is 18.9 Å². The molecule has 1 N–H and O–H groups in total. The van der Waals surface area contributed by atoms with Crippen molar-refractivity contribution in [2.45, 2.75) is 6.18 Å². The van der Waals surface area contributed by atoms with E-state index in [-0.39, 0.29) is 11.3 Å². The molecule has 2 nitrogen and oxygen atoms in total. The highest BCUT2D eigenvalue weighted by atomic mass is 32.2. The van der Waals surface area contributed by atoms with Crippen LogP contribution in [0.3, 0.4) is 0 Å². The summed E-state index contributed by atoms with van der Waals surface area (Å²) in [7, 11) is 0. The summed E-state index contributed by atoms with van der Waals surface area (Å²) in [5.74, 6) is 0.720. The molecule has 0 atom stereocenters. The molecule has 0 saturated heterocycles. The van der Waals surface area contributed by atoms with E-state index in [4.69, 9.17) is 5.26 Å². The Morgan fingerprint density at radius 3 is 2.65 bits per heavy atom. The van der Waals surface area contributed by atoms with Crippen molar-refractivity contribution in [2.75, 3.05) is 23.9 Å². The second-order valence-electron chi connectivity index (χ2n) is 3.29. The highest BCUT2D eigenvalue weighted by molar-refractivity contribution is 7.98. The number of hydrogen-bond acceptors (Lipinski definition) is 3. The maximum atomic E-state index is 12.7. The van der Waals surface area contributed by atoms with Crippen LogP contribution in [-0.4, -0.2) is 18.6 Å². The molecule has 1 aromatic carbocycles. The van der Waals surface area contributed by atoms with Gasteiger partial charge in [-0.1, -0.05) is 0 Å². The van der Waals surface area contributed by atoms with Crippen LogP contribution >= 0.6 is 11.8 Å². The first-order chi connectivity index (χ1) is 7.99. The van der Waals surface area contributed by atoms with E-state index in [1.54, 1.807) is 17.8 Å². The van der Waals surface area contributed by atoms with Crippen LogP contribution in [0.5, 0.6) is 0 Å². The molecule has 0 aliphatic rings. The van der Waals surface area contributed by atoms with Crippen LogP contribution in [0.25, 0.3) is 0 Å². The Morgan fingerprint density at radius 2 is 2.12 bits per heavy atom. The molecule has 0 unspecified atom stereocenters. The largest absolute Gasteiger partial charge is 0.418 e. The fourth-order valence-electron chi connectivity index (χ4n) is 1.29. The first-order valence-corrected chi connectivity index (χ1v) is 6.22. The van der Waals surface area contributed by atoms with E-state index in [2.05, 4.69) is 5.32 Å². The van der Waals surface area contributed by atoms with Gasteiger partial charge in [0.1, 0.15) is 0 Å². The van der Waals surface area contributed by atoms with E-state index in [0.717, 1.165) is 11.8 Å². The van der Waals surface area contributed by atoms with Crippen LogP contribution in [0.1, 0.15) is 11.1 Å². The van der Waals surface area contributed by atoms with Gasteiger partial charge in [0, 0.05) is 18.0 Å². The predicted molar refractivity (Wildman–Crippen MR) is 63.0 cm³/mol. The molecule has 0 radical (unpaired) electrons. The molecule has 17 heavy (non-hydrogen) atoms.